The van der Waals surface area contributed by atoms with E-state index in [9.17, 15) is 4.79 Å². The molecule has 1 aromatic rings. The number of nitrogens with one attached hydrogen (secondary N) is 1. The third-order valence-corrected chi connectivity index (χ3v) is 6.30. The maximum absolute atomic E-state index is 12.9. The predicted octanol–water partition coefficient (Wildman–Crippen LogP) is 5.71. The van der Waals surface area contributed by atoms with Gasteiger partial charge in [0.2, 0.25) is 5.84 Å². The van der Waals surface area contributed by atoms with Gasteiger partial charge in [0.25, 0.3) is 0 Å². The molecule has 5 nitrogen and oxygen atoms in total. The molecular formula is C22H32BrN3O2. The smallest absolute Gasteiger partial charge is 0.376 e. The van der Waals surface area contributed by atoms with E-state index in [1.165, 1.54) is 38.5 Å². The molecule has 2 fully saturated rings. The molecule has 154 valence electrons. The molecule has 0 heterocycles. The number of nitrogens with zero attached hydrogens (tertiary/aromatic N) is 2. The zero-order valence-corrected chi connectivity index (χ0v) is 18.4. The molecule has 2 aliphatic rings. The lowest BCUT2D eigenvalue weighted by atomic mass is 9.88. The van der Waals surface area contributed by atoms with Crippen molar-refractivity contribution in [2.45, 2.75) is 83.2 Å². The molecule has 0 saturated heterocycles. The highest BCUT2D eigenvalue weighted by molar-refractivity contribution is 9.10. The summed E-state index contributed by atoms with van der Waals surface area (Å²) in [5.74, 6) is 0.131. The standard InChI is InChI=1S/C22H32BrN3O2/c1-2-28-22(27)21(25-24-18-15-13-17(23)14-16-18)26(19-9-5-3-6-10-19)20-11-7-4-8-12-20/h13-16,19-20,24H,2-12H2,1H3. The molecule has 0 aliphatic heterocycles. The van der Waals surface area contributed by atoms with Crippen LogP contribution in [0.1, 0.15) is 71.1 Å². The number of rotatable bonds is 5. The number of hydrogen-bond donors (Lipinski definition) is 1. The van der Waals surface area contributed by atoms with Gasteiger partial charge in [0, 0.05) is 16.6 Å². The highest BCUT2D eigenvalue weighted by atomic mass is 79.9. The van der Waals surface area contributed by atoms with Crippen molar-refractivity contribution in [3.63, 3.8) is 0 Å². The Hall–Kier alpha value is -1.56. The average Bonchev–Trinajstić information content (AvgIpc) is 2.73. The van der Waals surface area contributed by atoms with Crippen LogP contribution in [0.2, 0.25) is 0 Å². The van der Waals surface area contributed by atoms with E-state index >= 15 is 0 Å². The zero-order valence-electron chi connectivity index (χ0n) is 16.8. The number of hydrazone groups is 1. The predicted molar refractivity (Wildman–Crippen MR) is 117 cm³/mol. The van der Waals surface area contributed by atoms with E-state index < -0.39 is 0 Å². The Balaban J connectivity index is 1.88. The van der Waals surface area contributed by atoms with Crippen LogP contribution in [0.3, 0.4) is 0 Å². The summed E-state index contributed by atoms with van der Waals surface area (Å²) in [6.07, 6.45) is 12.0. The van der Waals surface area contributed by atoms with Gasteiger partial charge in [-0.3, -0.25) is 5.43 Å². The van der Waals surface area contributed by atoms with Crippen molar-refractivity contribution in [1.82, 2.24) is 4.90 Å². The van der Waals surface area contributed by atoms with E-state index in [0.29, 0.717) is 24.5 Å². The van der Waals surface area contributed by atoms with Crippen LogP contribution >= 0.6 is 15.9 Å². The molecule has 3 rings (SSSR count). The molecule has 28 heavy (non-hydrogen) atoms. The molecule has 0 amide bonds. The number of hydrogen-bond acceptors (Lipinski definition) is 4. The number of anilines is 1. The molecule has 2 saturated carbocycles. The van der Waals surface area contributed by atoms with Gasteiger partial charge in [-0.15, -0.1) is 5.10 Å². The van der Waals surface area contributed by atoms with Crippen molar-refractivity contribution in [3.05, 3.63) is 28.7 Å². The lowest BCUT2D eigenvalue weighted by Gasteiger charge is -2.42. The Morgan fingerprint density at radius 2 is 1.57 bits per heavy atom. The zero-order chi connectivity index (χ0) is 19.8. The van der Waals surface area contributed by atoms with Gasteiger partial charge in [-0.25, -0.2) is 4.79 Å². The summed E-state index contributed by atoms with van der Waals surface area (Å²) >= 11 is 3.45. The first-order valence-corrected chi connectivity index (χ1v) is 11.5. The Kier molecular flexibility index (Phi) is 8.19. The number of ether oxygens (including phenoxy) is 1. The van der Waals surface area contributed by atoms with Crippen molar-refractivity contribution in [2.24, 2.45) is 5.10 Å². The number of benzene rings is 1. The van der Waals surface area contributed by atoms with E-state index in [4.69, 9.17) is 4.74 Å². The number of amidine groups is 1. The first-order valence-electron chi connectivity index (χ1n) is 10.7. The van der Waals surface area contributed by atoms with Crippen LogP contribution in [0.4, 0.5) is 5.69 Å². The summed E-state index contributed by atoms with van der Waals surface area (Å²) in [6, 6.07) is 8.58. The monoisotopic (exact) mass is 449 g/mol. The van der Waals surface area contributed by atoms with Crippen molar-refractivity contribution >= 4 is 33.4 Å². The van der Waals surface area contributed by atoms with Gasteiger partial charge in [-0.1, -0.05) is 54.5 Å². The fourth-order valence-electron chi connectivity index (χ4n) is 4.41. The van der Waals surface area contributed by atoms with Gasteiger partial charge in [-0.2, -0.15) is 0 Å². The second kappa shape index (κ2) is 10.8. The van der Waals surface area contributed by atoms with Gasteiger partial charge in [0.05, 0.1) is 12.3 Å². The maximum atomic E-state index is 12.9. The summed E-state index contributed by atoms with van der Waals surface area (Å²) in [5, 5.41) is 4.60. The molecule has 0 atom stereocenters. The van der Waals surface area contributed by atoms with E-state index in [1.807, 2.05) is 31.2 Å². The molecule has 1 aromatic carbocycles. The summed E-state index contributed by atoms with van der Waals surface area (Å²) < 4.78 is 6.43. The van der Waals surface area contributed by atoms with E-state index in [0.717, 1.165) is 35.8 Å². The van der Waals surface area contributed by atoms with Crippen LogP contribution in [-0.4, -0.2) is 35.4 Å². The molecular weight excluding hydrogens is 418 g/mol. The second-order valence-corrected chi connectivity index (χ2v) is 8.68. The average molecular weight is 450 g/mol. The highest BCUT2D eigenvalue weighted by Gasteiger charge is 2.35. The number of esters is 1. The summed E-state index contributed by atoms with van der Waals surface area (Å²) in [4.78, 5) is 15.2. The lowest BCUT2D eigenvalue weighted by Crippen LogP contribution is -2.52. The van der Waals surface area contributed by atoms with Crippen molar-refractivity contribution in [1.29, 1.82) is 0 Å². The van der Waals surface area contributed by atoms with Crippen LogP contribution in [0.25, 0.3) is 0 Å². The minimum atomic E-state index is -0.316. The number of halogens is 1. The van der Waals surface area contributed by atoms with E-state index in [-0.39, 0.29) is 5.97 Å². The molecule has 0 aromatic heterocycles. The van der Waals surface area contributed by atoms with Crippen molar-refractivity contribution < 1.29 is 9.53 Å². The van der Waals surface area contributed by atoms with E-state index in [2.05, 4.69) is 31.4 Å². The quantitative estimate of drug-likeness (QED) is 0.270. The van der Waals surface area contributed by atoms with Gasteiger partial charge in [0.15, 0.2) is 0 Å². The van der Waals surface area contributed by atoms with Gasteiger partial charge < -0.3 is 9.64 Å². The van der Waals surface area contributed by atoms with E-state index in [1.54, 1.807) is 0 Å². The first kappa shape index (κ1) is 21.2. The van der Waals surface area contributed by atoms with Crippen LogP contribution in [-0.2, 0) is 9.53 Å². The summed E-state index contributed by atoms with van der Waals surface area (Å²) in [7, 11) is 0. The maximum Gasteiger partial charge on any atom is 0.376 e. The fourth-order valence-corrected chi connectivity index (χ4v) is 4.67. The van der Waals surface area contributed by atoms with Crippen LogP contribution in [0.15, 0.2) is 33.8 Å². The molecule has 0 radical (unpaired) electrons. The number of carbonyl (C=O) groups is 1. The fraction of sp³-hybridized carbons (Fsp3) is 0.636. The summed E-state index contributed by atoms with van der Waals surface area (Å²) in [6.45, 7) is 2.21. The Labute approximate surface area is 177 Å². The Morgan fingerprint density at radius 3 is 2.07 bits per heavy atom. The Bertz CT molecular complexity index is 632. The molecule has 2 aliphatic carbocycles. The normalized spacial score (nSPS) is 19.3. The molecule has 0 unspecified atom stereocenters. The van der Waals surface area contributed by atoms with Crippen LogP contribution in [0.5, 0.6) is 0 Å². The summed E-state index contributed by atoms with van der Waals surface area (Å²) in [5.41, 5.74) is 3.95. The SMILES string of the molecule is CCOC(=O)C(=NNc1ccc(Br)cc1)N(C1CCCCC1)C1CCCCC1. The molecule has 0 bridgehead atoms. The third-order valence-electron chi connectivity index (χ3n) is 5.77. The minimum Gasteiger partial charge on any atom is -0.460 e. The van der Waals surface area contributed by atoms with Gasteiger partial charge in [-0.05, 0) is 56.9 Å². The first-order chi connectivity index (χ1) is 13.7. The van der Waals surface area contributed by atoms with Gasteiger partial charge in [0.1, 0.15) is 0 Å². The topological polar surface area (TPSA) is 53.9 Å². The number of carbonyl (C=O) groups excluding carboxylic acids is 1. The molecule has 0 spiro atoms. The molecule has 1 N–H and O–H groups in total. The van der Waals surface area contributed by atoms with Crippen LogP contribution < -0.4 is 5.43 Å². The van der Waals surface area contributed by atoms with Crippen LogP contribution in [0, 0.1) is 0 Å². The minimum absolute atomic E-state index is 0.316. The largest absolute Gasteiger partial charge is 0.460 e. The molecule has 6 heteroatoms. The van der Waals surface area contributed by atoms with Gasteiger partial charge >= 0.3 is 5.97 Å². The second-order valence-electron chi connectivity index (χ2n) is 7.77. The van der Waals surface area contributed by atoms with Crippen molar-refractivity contribution in [3.8, 4) is 0 Å². The highest BCUT2D eigenvalue weighted by Crippen LogP contribution is 2.31. The van der Waals surface area contributed by atoms with Crippen molar-refractivity contribution in [2.75, 3.05) is 12.0 Å². The lowest BCUT2D eigenvalue weighted by molar-refractivity contribution is -0.136. The third kappa shape index (κ3) is 5.72. The Morgan fingerprint density at radius 1 is 1.04 bits per heavy atom.